The van der Waals surface area contributed by atoms with Gasteiger partial charge < -0.3 is 24.4 Å². The van der Waals surface area contributed by atoms with Gasteiger partial charge in [0.05, 0.1) is 17.9 Å². The number of aliphatic hydroxyl groups is 1. The van der Waals surface area contributed by atoms with Crippen LogP contribution in [0.2, 0.25) is 0 Å². The van der Waals surface area contributed by atoms with Crippen molar-refractivity contribution in [1.82, 2.24) is 9.80 Å². The molecule has 8 nitrogen and oxygen atoms in total. The van der Waals surface area contributed by atoms with Gasteiger partial charge in [0.25, 0.3) is 0 Å². The third kappa shape index (κ3) is 5.09. The van der Waals surface area contributed by atoms with Crippen LogP contribution in [0.5, 0.6) is 0 Å². The number of hydrogen-bond donors (Lipinski definition) is 1. The van der Waals surface area contributed by atoms with Gasteiger partial charge in [-0.1, -0.05) is 48.0 Å². The first kappa shape index (κ1) is 27.9. The zero-order valence-corrected chi connectivity index (χ0v) is 22.5. The number of nitrogens with zero attached hydrogens (tertiary/aromatic N) is 2. The molecule has 0 aromatic rings. The zero-order valence-electron chi connectivity index (χ0n) is 20.9. The van der Waals surface area contributed by atoms with E-state index in [2.05, 4.69) is 36.0 Å². The molecule has 196 valence electrons. The van der Waals surface area contributed by atoms with E-state index in [1.54, 1.807) is 15.9 Å². The number of amides is 2. The van der Waals surface area contributed by atoms with Crippen molar-refractivity contribution in [2.45, 2.75) is 81.0 Å². The topological polar surface area (TPSA) is 96.4 Å². The van der Waals surface area contributed by atoms with Crippen LogP contribution in [0.25, 0.3) is 0 Å². The summed E-state index contributed by atoms with van der Waals surface area (Å²) in [7, 11) is 0. The molecule has 0 radical (unpaired) electrons. The Morgan fingerprint density at radius 2 is 2.09 bits per heavy atom. The van der Waals surface area contributed by atoms with Crippen LogP contribution >= 0.6 is 15.9 Å². The molecule has 3 fully saturated rings. The Labute approximate surface area is 216 Å². The van der Waals surface area contributed by atoms with Gasteiger partial charge >= 0.3 is 5.97 Å². The van der Waals surface area contributed by atoms with E-state index in [-0.39, 0.29) is 35.9 Å². The number of unbranched alkanes of at least 4 members (excludes halogenated alkanes) is 2. The van der Waals surface area contributed by atoms with Crippen LogP contribution in [0, 0.1) is 11.8 Å². The van der Waals surface area contributed by atoms with Gasteiger partial charge in [0.2, 0.25) is 11.8 Å². The normalized spacial score (nSPS) is 31.8. The number of ether oxygens (including phenoxy) is 2. The number of hydrogen-bond acceptors (Lipinski definition) is 6. The van der Waals surface area contributed by atoms with Crippen LogP contribution in [0.4, 0.5) is 0 Å². The fourth-order valence-electron chi connectivity index (χ4n) is 6.08. The van der Waals surface area contributed by atoms with E-state index in [0.717, 1.165) is 19.3 Å². The quantitative estimate of drug-likeness (QED) is 0.153. The summed E-state index contributed by atoms with van der Waals surface area (Å²) in [5.74, 6) is -2.42. The Kier molecular flexibility index (Phi) is 9.57. The number of fused-ring (bicyclic) bond motifs is 1. The Hall–Kier alpha value is -1.71. The maximum absolute atomic E-state index is 14.2. The molecule has 0 aromatic heterocycles. The van der Waals surface area contributed by atoms with E-state index in [0.29, 0.717) is 32.4 Å². The van der Waals surface area contributed by atoms with Crippen LogP contribution in [-0.2, 0) is 23.9 Å². The highest BCUT2D eigenvalue weighted by molar-refractivity contribution is 9.09. The molecular formula is C26H39BrN2O6. The van der Waals surface area contributed by atoms with Crippen molar-refractivity contribution in [2.75, 3.05) is 26.3 Å². The predicted molar refractivity (Wildman–Crippen MR) is 136 cm³/mol. The third-order valence-corrected chi connectivity index (χ3v) is 8.39. The van der Waals surface area contributed by atoms with Crippen LogP contribution < -0.4 is 0 Å². The van der Waals surface area contributed by atoms with Gasteiger partial charge in [0.1, 0.15) is 18.2 Å². The molecule has 9 heteroatoms. The number of carbonyl (C=O) groups is 3. The van der Waals surface area contributed by atoms with Gasteiger partial charge in [0.15, 0.2) is 0 Å². The first-order valence-corrected chi connectivity index (χ1v) is 13.6. The SMILES string of the molecule is C=CCOC(=O)[C@H]1[C@@H]2OC3(CC2Br)C(C(=O)N(CC=C)C(C)CCC)N(CCCCCO)C(=O)[C@H]13. The molecule has 3 aliphatic heterocycles. The van der Waals surface area contributed by atoms with Crippen LogP contribution in [0.3, 0.4) is 0 Å². The van der Waals surface area contributed by atoms with Gasteiger partial charge in [0, 0.05) is 30.6 Å². The minimum atomic E-state index is -1.09. The van der Waals surface area contributed by atoms with Crippen LogP contribution in [0.1, 0.15) is 52.4 Å². The second-order valence-electron chi connectivity index (χ2n) is 9.82. The molecule has 3 rings (SSSR count). The fraction of sp³-hybridized carbons (Fsp3) is 0.731. The second-order valence-corrected chi connectivity index (χ2v) is 11.0. The number of aliphatic hydroxyl groups excluding tert-OH is 1. The van der Waals surface area contributed by atoms with E-state index in [4.69, 9.17) is 9.47 Å². The first-order valence-electron chi connectivity index (χ1n) is 12.7. The Morgan fingerprint density at radius 1 is 1.34 bits per heavy atom. The average Bonchev–Trinajstić information content (AvgIpc) is 3.42. The number of carbonyl (C=O) groups excluding carboxylic acids is 3. The summed E-state index contributed by atoms with van der Waals surface area (Å²) in [6.07, 6.45) is 6.89. The molecule has 0 saturated carbocycles. The van der Waals surface area contributed by atoms with Crippen molar-refractivity contribution in [3.8, 4) is 0 Å². The molecule has 2 bridgehead atoms. The van der Waals surface area contributed by atoms with Crippen molar-refractivity contribution in [3.63, 3.8) is 0 Å². The zero-order chi connectivity index (χ0) is 25.8. The standard InChI is InChI=1S/C26H39BrN2O6/c1-5-11-17(4)28(12-6-2)24(32)22-26-16-18(27)21(35-26)19(25(33)34-15-7-3)20(26)23(31)29(22)13-9-8-10-14-30/h6-7,17-22,30H,2-3,5,8-16H2,1,4H3/t17?,18?,19-,20+,21-,22?,26?/m1/s1. The maximum atomic E-state index is 14.2. The lowest BCUT2D eigenvalue weighted by Gasteiger charge is -2.39. The highest BCUT2D eigenvalue weighted by atomic mass is 79.9. The maximum Gasteiger partial charge on any atom is 0.312 e. The predicted octanol–water partition coefficient (Wildman–Crippen LogP) is 2.83. The molecule has 35 heavy (non-hydrogen) atoms. The van der Waals surface area contributed by atoms with Crippen LogP contribution in [0.15, 0.2) is 25.3 Å². The fourth-order valence-corrected chi connectivity index (χ4v) is 7.03. The minimum absolute atomic E-state index is 0.0287. The number of likely N-dealkylation sites (tertiary alicyclic amines) is 1. The van der Waals surface area contributed by atoms with E-state index in [9.17, 15) is 19.5 Å². The number of halogens is 1. The van der Waals surface area contributed by atoms with Gasteiger partial charge in [-0.3, -0.25) is 14.4 Å². The van der Waals surface area contributed by atoms with Gasteiger partial charge in [-0.15, -0.1) is 6.58 Å². The Balaban J connectivity index is 2.00. The summed E-state index contributed by atoms with van der Waals surface area (Å²) in [6, 6.07) is -0.852. The molecule has 1 N–H and O–H groups in total. The second kappa shape index (κ2) is 12.0. The largest absolute Gasteiger partial charge is 0.461 e. The van der Waals surface area contributed by atoms with Crippen molar-refractivity contribution in [1.29, 1.82) is 0 Å². The highest BCUT2D eigenvalue weighted by Crippen LogP contribution is 2.60. The molecule has 7 atom stereocenters. The molecule has 0 aliphatic carbocycles. The van der Waals surface area contributed by atoms with Crippen LogP contribution in [-0.4, -0.2) is 87.6 Å². The molecule has 3 aliphatic rings. The van der Waals surface area contributed by atoms with Gasteiger partial charge in [-0.2, -0.15) is 0 Å². The van der Waals surface area contributed by atoms with Gasteiger partial charge in [-0.05, 0) is 39.0 Å². The lowest BCUT2D eigenvalue weighted by molar-refractivity contribution is -0.154. The third-order valence-electron chi connectivity index (χ3n) is 7.54. The lowest BCUT2D eigenvalue weighted by Crippen LogP contribution is -2.58. The molecule has 3 heterocycles. The molecule has 4 unspecified atom stereocenters. The molecule has 2 amide bonds. The summed E-state index contributed by atoms with van der Waals surface area (Å²) >= 11 is 3.66. The monoisotopic (exact) mass is 554 g/mol. The summed E-state index contributed by atoms with van der Waals surface area (Å²) in [4.78, 5) is 44.4. The van der Waals surface area contributed by atoms with E-state index in [1.165, 1.54) is 6.08 Å². The lowest BCUT2D eigenvalue weighted by atomic mass is 9.70. The van der Waals surface area contributed by atoms with E-state index in [1.807, 2.05) is 6.92 Å². The number of alkyl halides is 1. The number of rotatable bonds is 14. The molecule has 3 saturated heterocycles. The summed E-state index contributed by atoms with van der Waals surface area (Å²) in [5.41, 5.74) is -1.09. The summed E-state index contributed by atoms with van der Waals surface area (Å²) < 4.78 is 11.9. The smallest absolute Gasteiger partial charge is 0.312 e. The molecular weight excluding hydrogens is 516 g/mol. The molecule has 0 aromatic carbocycles. The van der Waals surface area contributed by atoms with Crippen molar-refractivity contribution < 1.29 is 29.0 Å². The van der Waals surface area contributed by atoms with Gasteiger partial charge in [-0.25, -0.2) is 0 Å². The van der Waals surface area contributed by atoms with E-state index >= 15 is 0 Å². The van der Waals surface area contributed by atoms with Crippen molar-refractivity contribution in [2.24, 2.45) is 11.8 Å². The first-order chi connectivity index (χ1) is 16.8. The number of esters is 1. The summed E-state index contributed by atoms with van der Waals surface area (Å²) in [5, 5.41) is 9.17. The average molecular weight is 556 g/mol. The van der Waals surface area contributed by atoms with Crippen molar-refractivity contribution >= 4 is 33.7 Å². The molecule has 1 spiro atoms. The Morgan fingerprint density at radius 3 is 2.71 bits per heavy atom. The minimum Gasteiger partial charge on any atom is -0.461 e. The van der Waals surface area contributed by atoms with Crippen molar-refractivity contribution in [3.05, 3.63) is 25.3 Å². The van der Waals surface area contributed by atoms with E-state index < -0.39 is 35.6 Å². The highest BCUT2D eigenvalue weighted by Gasteiger charge is 2.77. The Bertz CT molecular complexity index is 822. The summed E-state index contributed by atoms with van der Waals surface area (Å²) in [6.45, 7) is 12.4.